The quantitative estimate of drug-likeness (QED) is 0.869. The molecule has 0 bridgehead atoms. The molecule has 0 aliphatic rings. The van der Waals surface area contributed by atoms with Crippen LogP contribution in [0.25, 0.3) is 0 Å². The first kappa shape index (κ1) is 14.6. The highest BCUT2D eigenvalue weighted by Crippen LogP contribution is 2.25. The molecule has 1 rings (SSSR count). The second kappa shape index (κ2) is 5.48. The number of methoxy groups -OCH3 is 1. The summed E-state index contributed by atoms with van der Waals surface area (Å²) in [5, 5.41) is 9.92. The van der Waals surface area contributed by atoms with Crippen LogP contribution in [0.1, 0.15) is 37.1 Å². The van der Waals surface area contributed by atoms with Crippen LogP contribution in [0.15, 0.2) is 6.20 Å². The van der Waals surface area contributed by atoms with Gasteiger partial charge in [0.2, 0.25) is 0 Å². The number of rotatable bonds is 5. The third-order valence-corrected chi connectivity index (χ3v) is 3.37. The third-order valence-electron chi connectivity index (χ3n) is 3.37. The number of Topliss-reactive ketones (excluding diaryl/α,β-unsaturated/α-hetero) is 1. The van der Waals surface area contributed by atoms with Gasteiger partial charge in [-0.15, -0.1) is 0 Å². The lowest BCUT2D eigenvalue weighted by Crippen LogP contribution is -2.35. The van der Waals surface area contributed by atoms with Crippen LogP contribution in [0.3, 0.4) is 0 Å². The van der Waals surface area contributed by atoms with Gasteiger partial charge in [0.25, 0.3) is 0 Å². The van der Waals surface area contributed by atoms with E-state index in [2.05, 4.69) is 4.98 Å². The Hall–Kier alpha value is -1.42. The molecule has 0 aliphatic heterocycles. The standard InChI is InChI=1S/C14H21NO3/c1-6-14(4,17)12(16)7-11-10(3)13(18-5)9(2)8-15-11/h8,17H,6-7H2,1-5H3. The molecule has 1 aromatic rings. The molecule has 1 atom stereocenters. The van der Waals surface area contributed by atoms with E-state index in [0.29, 0.717) is 12.1 Å². The monoisotopic (exact) mass is 251 g/mol. The molecule has 0 saturated carbocycles. The lowest BCUT2D eigenvalue weighted by Gasteiger charge is -2.20. The molecule has 0 fully saturated rings. The summed E-state index contributed by atoms with van der Waals surface area (Å²) < 4.78 is 5.30. The Morgan fingerprint density at radius 3 is 2.61 bits per heavy atom. The van der Waals surface area contributed by atoms with Crippen molar-refractivity contribution in [2.24, 2.45) is 0 Å². The van der Waals surface area contributed by atoms with Crippen molar-refractivity contribution in [2.75, 3.05) is 7.11 Å². The van der Waals surface area contributed by atoms with E-state index in [9.17, 15) is 9.90 Å². The number of aliphatic hydroxyl groups is 1. The zero-order chi connectivity index (χ0) is 13.9. The maximum Gasteiger partial charge on any atom is 0.169 e. The Morgan fingerprint density at radius 1 is 1.50 bits per heavy atom. The van der Waals surface area contributed by atoms with E-state index >= 15 is 0 Å². The lowest BCUT2D eigenvalue weighted by molar-refractivity contribution is -0.135. The van der Waals surface area contributed by atoms with Gasteiger partial charge >= 0.3 is 0 Å². The molecule has 100 valence electrons. The average molecular weight is 251 g/mol. The van der Waals surface area contributed by atoms with Gasteiger partial charge < -0.3 is 9.84 Å². The molecule has 1 unspecified atom stereocenters. The summed E-state index contributed by atoms with van der Waals surface area (Å²) in [7, 11) is 1.60. The van der Waals surface area contributed by atoms with Gasteiger partial charge in [-0.25, -0.2) is 0 Å². The van der Waals surface area contributed by atoms with Crippen molar-refractivity contribution in [3.63, 3.8) is 0 Å². The number of hydrogen-bond donors (Lipinski definition) is 1. The molecule has 0 saturated heterocycles. The number of ketones is 1. The average Bonchev–Trinajstić information content (AvgIpc) is 2.33. The van der Waals surface area contributed by atoms with Crippen molar-refractivity contribution < 1.29 is 14.6 Å². The first-order valence-electron chi connectivity index (χ1n) is 6.08. The second-order valence-corrected chi connectivity index (χ2v) is 4.77. The second-order valence-electron chi connectivity index (χ2n) is 4.77. The van der Waals surface area contributed by atoms with Gasteiger partial charge in [-0.2, -0.15) is 0 Å². The van der Waals surface area contributed by atoms with Crippen molar-refractivity contribution in [3.8, 4) is 5.75 Å². The maximum absolute atomic E-state index is 12.0. The molecular weight excluding hydrogens is 230 g/mol. The van der Waals surface area contributed by atoms with E-state index in [1.54, 1.807) is 20.2 Å². The third kappa shape index (κ3) is 2.88. The molecule has 1 heterocycles. The predicted octanol–water partition coefficient (Wildman–Crippen LogP) is 1.98. The highest BCUT2D eigenvalue weighted by atomic mass is 16.5. The summed E-state index contributed by atoms with van der Waals surface area (Å²) in [5.74, 6) is 0.537. The Balaban J connectivity index is 3.03. The van der Waals surface area contributed by atoms with Gasteiger partial charge in [-0.1, -0.05) is 6.92 Å². The van der Waals surface area contributed by atoms with Crippen molar-refractivity contribution in [1.82, 2.24) is 4.98 Å². The van der Waals surface area contributed by atoms with Crippen LogP contribution in [0.4, 0.5) is 0 Å². The molecule has 1 N–H and O–H groups in total. The first-order chi connectivity index (χ1) is 8.33. The van der Waals surface area contributed by atoms with Gasteiger partial charge in [-0.05, 0) is 27.2 Å². The molecule has 4 nitrogen and oxygen atoms in total. The summed E-state index contributed by atoms with van der Waals surface area (Å²) in [6.45, 7) is 7.11. The molecule has 0 aliphatic carbocycles. The van der Waals surface area contributed by atoms with Crippen molar-refractivity contribution in [3.05, 3.63) is 23.0 Å². The van der Waals surface area contributed by atoms with E-state index < -0.39 is 5.60 Å². The molecule has 0 aromatic carbocycles. The fourth-order valence-corrected chi connectivity index (χ4v) is 1.79. The first-order valence-corrected chi connectivity index (χ1v) is 6.08. The molecule has 0 spiro atoms. The van der Waals surface area contributed by atoms with Crippen LogP contribution in [0.5, 0.6) is 5.75 Å². The van der Waals surface area contributed by atoms with Gasteiger partial charge in [0.1, 0.15) is 11.4 Å². The van der Waals surface area contributed by atoms with Crippen LogP contribution in [0.2, 0.25) is 0 Å². The van der Waals surface area contributed by atoms with E-state index in [1.165, 1.54) is 6.92 Å². The number of aryl methyl sites for hydroxylation is 1. The van der Waals surface area contributed by atoms with Crippen molar-refractivity contribution in [2.45, 2.75) is 46.1 Å². The largest absolute Gasteiger partial charge is 0.496 e. The zero-order valence-corrected chi connectivity index (χ0v) is 11.7. The van der Waals surface area contributed by atoms with Gasteiger partial charge in [0.15, 0.2) is 5.78 Å². The van der Waals surface area contributed by atoms with Gasteiger partial charge in [-0.3, -0.25) is 9.78 Å². The number of hydrogen-bond acceptors (Lipinski definition) is 4. The number of ether oxygens (including phenoxy) is 1. The van der Waals surface area contributed by atoms with E-state index in [1.807, 2.05) is 13.8 Å². The molecule has 0 radical (unpaired) electrons. The molecule has 4 heteroatoms. The Kier molecular flexibility index (Phi) is 4.46. The molecule has 0 amide bonds. The van der Waals surface area contributed by atoms with Crippen LogP contribution in [-0.2, 0) is 11.2 Å². The minimum Gasteiger partial charge on any atom is -0.496 e. The number of pyridine rings is 1. The van der Waals surface area contributed by atoms with Gasteiger partial charge in [0, 0.05) is 17.3 Å². The smallest absolute Gasteiger partial charge is 0.169 e. The normalized spacial score (nSPS) is 14.1. The highest BCUT2D eigenvalue weighted by molar-refractivity contribution is 5.88. The van der Waals surface area contributed by atoms with Crippen LogP contribution >= 0.6 is 0 Å². The number of aromatic nitrogens is 1. The predicted molar refractivity (Wildman–Crippen MR) is 69.9 cm³/mol. The van der Waals surface area contributed by atoms with Crippen molar-refractivity contribution in [1.29, 1.82) is 0 Å². The Labute approximate surface area is 108 Å². The SMILES string of the molecule is CCC(C)(O)C(=O)Cc1ncc(C)c(OC)c1C. The zero-order valence-electron chi connectivity index (χ0n) is 11.7. The highest BCUT2D eigenvalue weighted by Gasteiger charge is 2.28. The van der Waals surface area contributed by atoms with Gasteiger partial charge in [0.05, 0.1) is 19.2 Å². The fraction of sp³-hybridized carbons (Fsp3) is 0.571. The Morgan fingerprint density at radius 2 is 2.11 bits per heavy atom. The van der Waals surface area contributed by atoms with E-state index in [-0.39, 0.29) is 12.2 Å². The summed E-state index contributed by atoms with van der Waals surface area (Å²) >= 11 is 0. The summed E-state index contributed by atoms with van der Waals surface area (Å²) in [6, 6.07) is 0. The fourth-order valence-electron chi connectivity index (χ4n) is 1.79. The van der Waals surface area contributed by atoms with Crippen LogP contribution in [-0.4, -0.2) is 28.6 Å². The van der Waals surface area contributed by atoms with E-state index in [0.717, 1.165) is 16.9 Å². The minimum absolute atomic E-state index is 0.128. The number of carbonyl (C=O) groups excluding carboxylic acids is 1. The van der Waals surface area contributed by atoms with Crippen molar-refractivity contribution >= 4 is 5.78 Å². The number of carbonyl (C=O) groups is 1. The number of nitrogens with zero attached hydrogens (tertiary/aromatic N) is 1. The van der Waals surface area contributed by atoms with Crippen LogP contribution < -0.4 is 4.74 Å². The van der Waals surface area contributed by atoms with Crippen LogP contribution in [0, 0.1) is 13.8 Å². The summed E-state index contributed by atoms with van der Waals surface area (Å²) in [6.07, 6.45) is 2.21. The Bertz CT molecular complexity index is 453. The van der Waals surface area contributed by atoms with E-state index in [4.69, 9.17) is 4.74 Å². The summed E-state index contributed by atoms with van der Waals surface area (Å²) in [4.78, 5) is 16.2. The maximum atomic E-state index is 12.0. The topological polar surface area (TPSA) is 59.4 Å². The summed E-state index contributed by atoms with van der Waals surface area (Å²) in [5.41, 5.74) is 1.18. The molecular formula is C14H21NO3. The lowest BCUT2D eigenvalue weighted by atomic mass is 9.93. The molecule has 18 heavy (non-hydrogen) atoms. The minimum atomic E-state index is -1.29. The molecule has 1 aromatic heterocycles.